The molecule has 0 spiro atoms. The molecule has 1 rings (SSSR count). The Hall–Kier alpha value is -0.610. The molecule has 0 radical (unpaired) electrons. The minimum Gasteiger partial charge on any atom is -0.469 e. The summed E-state index contributed by atoms with van der Waals surface area (Å²) in [5, 5.41) is 0. The zero-order valence-corrected chi connectivity index (χ0v) is 10.4. The molecule has 1 heterocycles. The predicted octanol–water partition coefficient (Wildman–Crippen LogP) is 1.97. The minimum atomic E-state index is -0.151. The van der Waals surface area contributed by atoms with E-state index in [0.29, 0.717) is 31.5 Å². The van der Waals surface area contributed by atoms with E-state index in [-0.39, 0.29) is 12.3 Å². The van der Waals surface area contributed by atoms with Gasteiger partial charge in [0.2, 0.25) is 0 Å². The third-order valence-electron chi connectivity index (χ3n) is 3.19. The number of esters is 1. The maximum atomic E-state index is 11.3. The van der Waals surface area contributed by atoms with Crippen molar-refractivity contribution < 1.29 is 19.0 Å². The Morgan fingerprint density at radius 2 is 2.12 bits per heavy atom. The molecule has 4 nitrogen and oxygen atoms in total. The molecule has 1 saturated heterocycles. The van der Waals surface area contributed by atoms with Crippen LogP contribution in [0, 0.1) is 11.8 Å². The summed E-state index contributed by atoms with van der Waals surface area (Å²) in [5.41, 5.74) is 0. The summed E-state index contributed by atoms with van der Waals surface area (Å²) < 4.78 is 15.8. The van der Waals surface area contributed by atoms with Crippen LogP contribution in [0.2, 0.25) is 0 Å². The number of carbonyl (C=O) groups is 1. The lowest BCUT2D eigenvalue weighted by atomic mass is 9.83. The van der Waals surface area contributed by atoms with E-state index >= 15 is 0 Å². The van der Waals surface area contributed by atoms with E-state index in [0.717, 1.165) is 12.8 Å². The molecular formula is C12H22O4. The average molecular weight is 230 g/mol. The maximum Gasteiger partial charge on any atom is 0.305 e. The smallest absolute Gasteiger partial charge is 0.305 e. The van der Waals surface area contributed by atoms with E-state index in [2.05, 4.69) is 6.92 Å². The minimum absolute atomic E-state index is 0.138. The Balaban J connectivity index is 2.49. The van der Waals surface area contributed by atoms with Crippen molar-refractivity contribution in [1.82, 2.24) is 0 Å². The second-order valence-electron chi connectivity index (χ2n) is 4.16. The van der Waals surface area contributed by atoms with Crippen LogP contribution < -0.4 is 0 Å². The van der Waals surface area contributed by atoms with Gasteiger partial charge in [-0.15, -0.1) is 0 Å². The van der Waals surface area contributed by atoms with Crippen molar-refractivity contribution in [1.29, 1.82) is 0 Å². The van der Waals surface area contributed by atoms with Crippen LogP contribution >= 0.6 is 0 Å². The molecule has 0 unspecified atom stereocenters. The van der Waals surface area contributed by atoms with E-state index in [1.807, 2.05) is 6.92 Å². The van der Waals surface area contributed by atoms with Crippen LogP contribution in [0.4, 0.5) is 0 Å². The van der Waals surface area contributed by atoms with Gasteiger partial charge >= 0.3 is 5.97 Å². The highest BCUT2D eigenvalue weighted by Gasteiger charge is 2.32. The summed E-state index contributed by atoms with van der Waals surface area (Å²) >= 11 is 0. The van der Waals surface area contributed by atoms with Crippen LogP contribution in [-0.4, -0.2) is 32.6 Å². The molecule has 0 aromatic heterocycles. The van der Waals surface area contributed by atoms with E-state index in [9.17, 15) is 4.79 Å². The summed E-state index contributed by atoms with van der Waals surface area (Å²) in [6, 6.07) is 0. The second kappa shape index (κ2) is 6.86. The largest absolute Gasteiger partial charge is 0.469 e. The Morgan fingerprint density at radius 1 is 1.38 bits per heavy atom. The summed E-state index contributed by atoms with van der Waals surface area (Å²) in [4.78, 5) is 11.3. The zero-order valence-electron chi connectivity index (χ0n) is 10.4. The monoisotopic (exact) mass is 230 g/mol. The van der Waals surface area contributed by atoms with Gasteiger partial charge in [-0.3, -0.25) is 4.79 Å². The molecule has 0 N–H and O–H groups in total. The predicted molar refractivity (Wildman–Crippen MR) is 59.9 cm³/mol. The van der Waals surface area contributed by atoms with Gasteiger partial charge in [0.15, 0.2) is 6.29 Å². The van der Waals surface area contributed by atoms with Gasteiger partial charge in [-0.05, 0) is 18.8 Å². The molecule has 0 aliphatic carbocycles. The van der Waals surface area contributed by atoms with E-state index in [1.165, 1.54) is 7.11 Å². The molecule has 4 heteroatoms. The zero-order chi connectivity index (χ0) is 12.0. The van der Waals surface area contributed by atoms with Crippen molar-refractivity contribution >= 4 is 5.97 Å². The fourth-order valence-electron chi connectivity index (χ4n) is 2.18. The molecule has 1 aliphatic rings. The van der Waals surface area contributed by atoms with Crippen molar-refractivity contribution in [2.75, 3.05) is 20.3 Å². The van der Waals surface area contributed by atoms with Gasteiger partial charge in [0.1, 0.15) is 0 Å². The molecule has 0 aromatic rings. The Morgan fingerprint density at radius 3 is 2.69 bits per heavy atom. The summed E-state index contributed by atoms with van der Waals surface area (Å²) in [5.74, 6) is 0.624. The number of hydrogen-bond acceptors (Lipinski definition) is 4. The normalized spacial score (nSPS) is 30.1. The van der Waals surface area contributed by atoms with E-state index < -0.39 is 0 Å². The molecule has 94 valence electrons. The Labute approximate surface area is 97.2 Å². The van der Waals surface area contributed by atoms with Crippen molar-refractivity contribution in [3.05, 3.63) is 0 Å². The van der Waals surface area contributed by atoms with Crippen molar-refractivity contribution in [3.63, 3.8) is 0 Å². The van der Waals surface area contributed by atoms with Crippen LogP contribution in [0.5, 0.6) is 0 Å². The Kier molecular flexibility index (Phi) is 5.77. The van der Waals surface area contributed by atoms with Crippen LogP contribution in [0.25, 0.3) is 0 Å². The number of hydrogen-bond donors (Lipinski definition) is 0. The van der Waals surface area contributed by atoms with Gasteiger partial charge in [-0.2, -0.15) is 0 Å². The van der Waals surface area contributed by atoms with E-state index in [4.69, 9.17) is 14.2 Å². The van der Waals surface area contributed by atoms with Gasteiger partial charge in [0.05, 0.1) is 13.7 Å². The van der Waals surface area contributed by atoms with Crippen LogP contribution in [0.3, 0.4) is 0 Å². The molecular weight excluding hydrogens is 208 g/mol. The summed E-state index contributed by atoms with van der Waals surface area (Å²) in [6.07, 6.45) is 2.15. The molecule has 0 aromatic carbocycles. The van der Waals surface area contributed by atoms with Crippen LogP contribution in [0.15, 0.2) is 0 Å². The first-order chi connectivity index (χ1) is 7.71. The van der Waals surface area contributed by atoms with Gasteiger partial charge < -0.3 is 14.2 Å². The molecule has 16 heavy (non-hydrogen) atoms. The molecule has 0 bridgehead atoms. The van der Waals surface area contributed by atoms with Crippen molar-refractivity contribution in [2.24, 2.45) is 11.8 Å². The molecule has 1 aliphatic heterocycles. The highest BCUT2D eigenvalue weighted by atomic mass is 16.7. The number of methoxy groups -OCH3 is 1. The molecule has 0 saturated carbocycles. The lowest BCUT2D eigenvalue weighted by Gasteiger charge is -2.35. The van der Waals surface area contributed by atoms with Crippen LogP contribution in [0.1, 0.15) is 33.1 Å². The maximum absolute atomic E-state index is 11.3. The number of carbonyl (C=O) groups excluding carboxylic acids is 1. The molecule has 3 atom stereocenters. The quantitative estimate of drug-likeness (QED) is 0.677. The lowest BCUT2D eigenvalue weighted by Crippen LogP contribution is -2.36. The average Bonchev–Trinajstić information content (AvgIpc) is 2.30. The first kappa shape index (κ1) is 13.5. The highest BCUT2D eigenvalue weighted by molar-refractivity contribution is 5.69. The Bertz CT molecular complexity index is 217. The first-order valence-corrected chi connectivity index (χ1v) is 6.01. The van der Waals surface area contributed by atoms with Gasteiger partial charge in [-0.25, -0.2) is 0 Å². The second-order valence-corrected chi connectivity index (χ2v) is 4.16. The SMILES string of the molecule is CCO[C@@H]1C[C@H](CC(=O)OC)[C@@H](CC)CO1. The van der Waals surface area contributed by atoms with Crippen molar-refractivity contribution in [3.8, 4) is 0 Å². The van der Waals surface area contributed by atoms with Crippen LogP contribution in [-0.2, 0) is 19.0 Å². The lowest BCUT2D eigenvalue weighted by molar-refractivity contribution is -0.191. The number of ether oxygens (including phenoxy) is 3. The van der Waals surface area contributed by atoms with Gasteiger partial charge in [0, 0.05) is 19.4 Å². The van der Waals surface area contributed by atoms with Gasteiger partial charge in [-0.1, -0.05) is 13.3 Å². The van der Waals surface area contributed by atoms with Gasteiger partial charge in [0.25, 0.3) is 0 Å². The number of rotatable bonds is 5. The topological polar surface area (TPSA) is 44.8 Å². The highest BCUT2D eigenvalue weighted by Crippen LogP contribution is 2.31. The fourth-order valence-corrected chi connectivity index (χ4v) is 2.18. The standard InChI is InChI=1S/C12H22O4/c1-4-9-8-16-12(15-5-2)7-10(9)6-11(13)14-3/h9-10,12H,4-8H2,1-3H3/t9-,10-,12-/m0/s1. The summed E-state index contributed by atoms with van der Waals surface area (Å²) in [6.45, 7) is 5.40. The first-order valence-electron chi connectivity index (χ1n) is 6.01. The molecule has 1 fully saturated rings. The summed E-state index contributed by atoms with van der Waals surface area (Å²) in [7, 11) is 1.43. The molecule has 0 amide bonds. The van der Waals surface area contributed by atoms with E-state index in [1.54, 1.807) is 0 Å². The fraction of sp³-hybridized carbons (Fsp3) is 0.917. The third kappa shape index (κ3) is 3.76. The third-order valence-corrected chi connectivity index (χ3v) is 3.19. The van der Waals surface area contributed by atoms with Crippen molar-refractivity contribution in [2.45, 2.75) is 39.4 Å².